The maximum Gasteiger partial charge on any atom is 0.419 e. The van der Waals surface area contributed by atoms with Gasteiger partial charge in [0.05, 0.1) is 5.56 Å². The van der Waals surface area contributed by atoms with Gasteiger partial charge < -0.3 is 15.2 Å². The van der Waals surface area contributed by atoms with Crippen LogP contribution < -0.4 is 10.5 Å². The van der Waals surface area contributed by atoms with Crippen molar-refractivity contribution in [1.82, 2.24) is 0 Å². The van der Waals surface area contributed by atoms with E-state index in [1.165, 1.54) is 6.07 Å². The van der Waals surface area contributed by atoms with Crippen molar-refractivity contribution in [2.45, 2.75) is 19.5 Å². The van der Waals surface area contributed by atoms with Crippen molar-refractivity contribution in [2.75, 3.05) is 19.9 Å². The van der Waals surface area contributed by atoms with Crippen LogP contribution in [0.4, 0.5) is 13.2 Å². The van der Waals surface area contributed by atoms with E-state index in [2.05, 4.69) is 0 Å². The number of ether oxygens (including phenoxy) is 2. The summed E-state index contributed by atoms with van der Waals surface area (Å²) in [6, 6.07) is 3.93. The van der Waals surface area contributed by atoms with E-state index >= 15 is 0 Å². The second-order valence-electron chi connectivity index (χ2n) is 3.62. The van der Waals surface area contributed by atoms with E-state index < -0.39 is 11.7 Å². The number of benzene rings is 1. The molecule has 0 aromatic heterocycles. The van der Waals surface area contributed by atoms with Crippen molar-refractivity contribution in [2.24, 2.45) is 5.73 Å². The highest BCUT2D eigenvalue weighted by Gasteiger charge is 2.34. The Morgan fingerprint density at radius 1 is 1.28 bits per heavy atom. The zero-order chi connectivity index (χ0) is 13.6. The van der Waals surface area contributed by atoms with Crippen molar-refractivity contribution in [3.63, 3.8) is 0 Å². The van der Waals surface area contributed by atoms with Crippen LogP contribution in [-0.4, -0.2) is 19.9 Å². The minimum atomic E-state index is -4.45. The molecule has 6 heteroatoms. The van der Waals surface area contributed by atoms with E-state index in [4.69, 9.17) is 15.2 Å². The molecule has 0 spiro atoms. The Hall–Kier alpha value is -1.27. The number of rotatable bonds is 6. The fourth-order valence-corrected chi connectivity index (χ4v) is 1.44. The third kappa shape index (κ3) is 4.19. The molecule has 1 aromatic carbocycles. The summed E-state index contributed by atoms with van der Waals surface area (Å²) in [7, 11) is 0. The van der Waals surface area contributed by atoms with Crippen molar-refractivity contribution in [3.8, 4) is 5.75 Å². The summed E-state index contributed by atoms with van der Waals surface area (Å²) >= 11 is 0. The van der Waals surface area contributed by atoms with Crippen molar-refractivity contribution in [1.29, 1.82) is 0 Å². The summed E-state index contributed by atoms with van der Waals surface area (Å²) < 4.78 is 48.3. The molecule has 0 aliphatic carbocycles. The molecule has 0 radical (unpaired) electrons. The fraction of sp³-hybridized carbons (Fsp3) is 0.500. The lowest BCUT2D eigenvalue weighted by Gasteiger charge is -2.15. The van der Waals surface area contributed by atoms with E-state index in [0.717, 1.165) is 6.07 Å². The van der Waals surface area contributed by atoms with Crippen LogP contribution in [0.2, 0.25) is 0 Å². The normalized spacial score (nSPS) is 11.6. The van der Waals surface area contributed by atoms with Gasteiger partial charge in [-0.25, -0.2) is 0 Å². The van der Waals surface area contributed by atoms with E-state index in [0.29, 0.717) is 25.1 Å². The molecule has 18 heavy (non-hydrogen) atoms. The van der Waals surface area contributed by atoms with Crippen molar-refractivity contribution >= 4 is 0 Å². The average molecular weight is 263 g/mol. The van der Waals surface area contributed by atoms with Crippen LogP contribution in [-0.2, 0) is 17.3 Å². The molecular weight excluding hydrogens is 247 g/mol. The summed E-state index contributed by atoms with van der Waals surface area (Å²) in [5, 5.41) is 0. The third-order valence-electron chi connectivity index (χ3n) is 2.28. The van der Waals surface area contributed by atoms with Gasteiger partial charge in [0.15, 0.2) is 6.79 Å². The van der Waals surface area contributed by atoms with Gasteiger partial charge in [-0.15, -0.1) is 0 Å². The number of hydrogen-bond acceptors (Lipinski definition) is 3. The highest BCUT2D eigenvalue weighted by atomic mass is 19.4. The van der Waals surface area contributed by atoms with E-state index in [9.17, 15) is 13.2 Å². The summed E-state index contributed by atoms with van der Waals surface area (Å²) in [6.45, 7) is 2.22. The highest BCUT2D eigenvalue weighted by Crippen LogP contribution is 2.36. The van der Waals surface area contributed by atoms with Gasteiger partial charge in [0, 0.05) is 6.61 Å². The SMILES string of the molecule is CCOCOc1ccc(CCN)cc1C(F)(F)F. The molecule has 0 heterocycles. The molecule has 1 aromatic rings. The topological polar surface area (TPSA) is 44.5 Å². The Kier molecular flexibility index (Phi) is 5.43. The maximum absolute atomic E-state index is 12.8. The zero-order valence-corrected chi connectivity index (χ0v) is 10.1. The van der Waals surface area contributed by atoms with Crippen LogP contribution in [0, 0.1) is 0 Å². The Labute approximate surface area is 104 Å². The minimum absolute atomic E-state index is 0.199. The molecule has 0 saturated heterocycles. The van der Waals surface area contributed by atoms with Gasteiger partial charge in [0.25, 0.3) is 0 Å². The second kappa shape index (κ2) is 6.61. The van der Waals surface area contributed by atoms with Gasteiger partial charge in [-0.2, -0.15) is 13.2 Å². The summed E-state index contributed by atoms with van der Waals surface area (Å²) in [5.74, 6) is -0.225. The van der Waals surface area contributed by atoms with E-state index in [-0.39, 0.29) is 12.5 Å². The molecule has 0 bridgehead atoms. The summed E-state index contributed by atoms with van der Waals surface area (Å²) in [5.41, 5.74) is 5.06. The number of alkyl halides is 3. The summed E-state index contributed by atoms with van der Waals surface area (Å²) in [6.07, 6.45) is -4.05. The van der Waals surface area contributed by atoms with Crippen LogP contribution in [0.25, 0.3) is 0 Å². The average Bonchev–Trinajstić information content (AvgIpc) is 2.30. The molecule has 0 amide bonds. The fourth-order valence-electron chi connectivity index (χ4n) is 1.44. The highest BCUT2D eigenvalue weighted by molar-refractivity contribution is 5.39. The third-order valence-corrected chi connectivity index (χ3v) is 2.28. The van der Waals surface area contributed by atoms with Gasteiger partial charge >= 0.3 is 6.18 Å². The van der Waals surface area contributed by atoms with E-state index in [1.807, 2.05) is 0 Å². The van der Waals surface area contributed by atoms with Gasteiger partial charge in [0.1, 0.15) is 5.75 Å². The first-order valence-electron chi connectivity index (χ1n) is 5.59. The number of nitrogens with two attached hydrogens (primary N) is 1. The lowest BCUT2D eigenvalue weighted by Crippen LogP contribution is -2.12. The molecule has 3 nitrogen and oxygen atoms in total. The molecule has 0 fully saturated rings. The minimum Gasteiger partial charge on any atom is -0.467 e. The Morgan fingerprint density at radius 3 is 2.56 bits per heavy atom. The number of hydrogen-bond donors (Lipinski definition) is 1. The molecule has 102 valence electrons. The molecule has 0 atom stereocenters. The number of halogens is 3. The predicted octanol–water partition coefficient (Wildman–Crippen LogP) is 2.58. The molecule has 1 rings (SSSR count). The maximum atomic E-state index is 12.8. The lowest BCUT2D eigenvalue weighted by atomic mass is 10.1. The lowest BCUT2D eigenvalue weighted by molar-refractivity contribution is -0.139. The predicted molar refractivity (Wildman–Crippen MR) is 61.3 cm³/mol. The molecule has 0 saturated carbocycles. The zero-order valence-electron chi connectivity index (χ0n) is 10.1. The first-order valence-corrected chi connectivity index (χ1v) is 5.59. The van der Waals surface area contributed by atoms with Crippen molar-refractivity contribution < 1.29 is 22.6 Å². The smallest absolute Gasteiger partial charge is 0.419 e. The Bertz CT molecular complexity index is 380. The first-order chi connectivity index (χ1) is 8.49. The molecule has 0 aliphatic heterocycles. The van der Waals surface area contributed by atoms with Crippen molar-refractivity contribution in [3.05, 3.63) is 29.3 Å². The van der Waals surface area contributed by atoms with Gasteiger partial charge in [0.2, 0.25) is 0 Å². The van der Waals surface area contributed by atoms with Gasteiger partial charge in [-0.3, -0.25) is 0 Å². The van der Waals surface area contributed by atoms with Crippen LogP contribution in [0.5, 0.6) is 5.75 Å². The largest absolute Gasteiger partial charge is 0.467 e. The van der Waals surface area contributed by atoms with Crippen LogP contribution in [0.15, 0.2) is 18.2 Å². The molecule has 0 unspecified atom stereocenters. The van der Waals surface area contributed by atoms with Crippen LogP contribution >= 0.6 is 0 Å². The Balaban J connectivity index is 2.94. The molecular formula is C12H16F3NO2. The standard InChI is InChI=1S/C12H16F3NO2/c1-2-17-8-18-11-4-3-9(5-6-16)7-10(11)12(13,14)15/h3-4,7H,2,5-6,8,16H2,1H3. The van der Waals surface area contributed by atoms with E-state index in [1.54, 1.807) is 13.0 Å². The van der Waals surface area contributed by atoms with Crippen LogP contribution in [0.3, 0.4) is 0 Å². The second-order valence-corrected chi connectivity index (χ2v) is 3.62. The van der Waals surface area contributed by atoms with Gasteiger partial charge in [-0.05, 0) is 37.6 Å². The molecule has 0 aliphatic rings. The summed E-state index contributed by atoms with van der Waals surface area (Å²) in [4.78, 5) is 0. The Morgan fingerprint density at radius 2 is 2.00 bits per heavy atom. The van der Waals surface area contributed by atoms with Gasteiger partial charge in [-0.1, -0.05) is 6.07 Å². The quantitative estimate of drug-likeness (QED) is 0.633. The van der Waals surface area contributed by atoms with Crippen LogP contribution in [0.1, 0.15) is 18.1 Å². The monoisotopic (exact) mass is 263 g/mol. The first kappa shape index (κ1) is 14.8. The molecule has 2 N–H and O–H groups in total.